The van der Waals surface area contributed by atoms with E-state index in [9.17, 15) is 39.6 Å². The number of likely N-dealkylation sites (N-methyl/N-ethyl adjacent to an activating group) is 2. The predicted octanol–water partition coefficient (Wildman–Crippen LogP) is 5.64. The summed E-state index contributed by atoms with van der Waals surface area (Å²) in [7, 11) is 8.70. The number of nitrogens with zero attached hydrogens (tertiary/aromatic N) is 3. The monoisotopic (exact) mass is 1180 g/mol. The molecule has 0 unspecified atom stereocenters. The molecule has 6 rings (SSSR count). The minimum absolute atomic E-state index is 0.0361. The zero-order chi connectivity index (χ0) is 60.8. The van der Waals surface area contributed by atoms with Crippen LogP contribution in [0.2, 0.25) is 5.02 Å². The molecule has 22 nitrogen and oxygen atoms in total. The molecule has 23 heteroatoms. The van der Waals surface area contributed by atoms with Crippen molar-refractivity contribution in [2.45, 2.75) is 211 Å². The van der Waals surface area contributed by atoms with Crippen LogP contribution in [0.25, 0.3) is 10.9 Å². The number of hydrogen-bond acceptors (Lipinski definition) is 20. The second-order valence-electron chi connectivity index (χ2n) is 24.4. The molecule has 4 heterocycles. The first-order chi connectivity index (χ1) is 38.5. The normalized spacial score (nSPS) is 36.6. The molecular weight excluding hydrogens is 1090 g/mol. The first-order valence-electron chi connectivity index (χ1n) is 29.1. The van der Waals surface area contributed by atoms with Gasteiger partial charge in [0.05, 0.1) is 85.0 Å². The quantitative estimate of drug-likeness (QED) is 0.0748. The number of aromatic carboxylic acids is 1. The zero-order valence-corrected chi connectivity index (χ0v) is 51.6. The van der Waals surface area contributed by atoms with Crippen LogP contribution in [0.3, 0.4) is 0 Å². The number of aromatic nitrogens is 1. The van der Waals surface area contributed by atoms with Gasteiger partial charge in [-0.2, -0.15) is 0 Å². The van der Waals surface area contributed by atoms with Gasteiger partial charge >= 0.3 is 17.9 Å². The zero-order valence-electron chi connectivity index (χ0n) is 50.9. The molecule has 1 aromatic carbocycles. The number of carbonyl (C=O) groups excluding carboxylic acids is 2. The van der Waals surface area contributed by atoms with Crippen LogP contribution >= 0.6 is 11.6 Å². The molecule has 3 saturated heterocycles. The highest BCUT2D eigenvalue weighted by molar-refractivity contribution is 6.34. The van der Waals surface area contributed by atoms with E-state index in [1.165, 1.54) is 20.4 Å². The van der Waals surface area contributed by atoms with Crippen LogP contribution in [-0.2, 0) is 57.0 Å². The number of methoxy groups -OCH3 is 2. The summed E-state index contributed by atoms with van der Waals surface area (Å²) in [6, 6.07) is 2.70. The third kappa shape index (κ3) is 16.1. The number of rotatable bonds is 21. The van der Waals surface area contributed by atoms with Gasteiger partial charge in [0.15, 0.2) is 18.7 Å². The van der Waals surface area contributed by atoms with E-state index in [0.29, 0.717) is 35.7 Å². The molecule has 0 amide bonds. The van der Waals surface area contributed by atoms with Gasteiger partial charge in [0.1, 0.15) is 35.1 Å². The average Bonchev–Trinajstić information content (AvgIpc) is 2.78. The topological polar surface area (TPSA) is 265 Å². The highest BCUT2D eigenvalue weighted by atomic mass is 35.5. The number of carboxylic acid groups (broad SMARTS) is 1. The summed E-state index contributed by atoms with van der Waals surface area (Å²) in [4.78, 5) is 57.0. The number of esters is 2. The van der Waals surface area contributed by atoms with Crippen LogP contribution in [0.1, 0.15) is 131 Å². The Balaban J connectivity index is 1.11. The Kier molecular flexibility index (Phi) is 23.7. The molecule has 4 fully saturated rings. The lowest BCUT2D eigenvalue weighted by Gasteiger charge is -2.49. The van der Waals surface area contributed by atoms with Gasteiger partial charge in [-0.05, 0) is 120 Å². The number of ether oxygens (including phenoxy) is 10. The average molecular weight is 1180 g/mol. The molecule has 3 aliphatic heterocycles. The van der Waals surface area contributed by atoms with E-state index < -0.39 is 107 Å². The summed E-state index contributed by atoms with van der Waals surface area (Å²) < 4.78 is 64.3. The Hall–Kier alpha value is -3.59. The van der Waals surface area contributed by atoms with Crippen molar-refractivity contribution in [2.24, 2.45) is 17.8 Å². The number of carboxylic acids is 1. The number of pyridine rings is 1. The summed E-state index contributed by atoms with van der Waals surface area (Å²) in [6.45, 7) is 19.5. The fraction of sp³-hybridized carbons (Fsp3) is 0.797. The van der Waals surface area contributed by atoms with Gasteiger partial charge in [-0.3, -0.25) is 14.4 Å². The molecule has 18 atom stereocenters. The highest BCUT2D eigenvalue weighted by Gasteiger charge is 2.54. The van der Waals surface area contributed by atoms with Gasteiger partial charge in [0.2, 0.25) is 5.43 Å². The van der Waals surface area contributed by atoms with Crippen molar-refractivity contribution in [1.29, 1.82) is 0 Å². The van der Waals surface area contributed by atoms with Gasteiger partial charge in [-0.25, -0.2) is 4.79 Å². The molecule has 1 aliphatic carbocycles. The Morgan fingerprint density at radius 3 is 2.20 bits per heavy atom. The molecule has 466 valence electrons. The van der Waals surface area contributed by atoms with Crippen molar-refractivity contribution in [3.63, 3.8) is 0 Å². The predicted molar refractivity (Wildman–Crippen MR) is 306 cm³/mol. The number of halogens is 1. The number of aliphatic hydroxyl groups excluding tert-OH is 1. The number of aliphatic hydroxyl groups is 3. The van der Waals surface area contributed by atoms with E-state index in [-0.39, 0.29) is 93.2 Å². The molecule has 0 radical (unpaired) electrons. The standard InChI is InChI=1S/C59H95ClN4O18/c1-16-45-59(10,72)52(73-14)36(6)63(13)30-32(2)28-57(8,71)51(82-56-49(67)44(62(11)12)25-33(3)77-56)34(4)50(35(5)55(70)79-45)81-47-29-58(9,74-15)53(37(7)78-47)80-46(65)19-21-75-23-24-76-22-20-61-42-26-39-43(27-41(42)60)64(38-17-18-38)31-40(48(39)66)54(68)69/h26-27,31-38,44-45,47,49-53,56,61,67,71-72H,16-25,28-30H2,1-15H3,(H,68,69)/t32-,33-,34+,35-,36-,37+,44+,45-,47+,49-,50+,51-,52-,53+,56+,57-,58-,59-/m1/s1. The number of benzene rings is 1. The third-order valence-electron chi connectivity index (χ3n) is 17.3. The summed E-state index contributed by atoms with van der Waals surface area (Å²) in [5.74, 6) is -4.57. The van der Waals surface area contributed by atoms with Crippen molar-refractivity contribution in [1.82, 2.24) is 14.4 Å². The van der Waals surface area contributed by atoms with Crippen molar-refractivity contribution in [3.8, 4) is 0 Å². The molecule has 82 heavy (non-hydrogen) atoms. The second kappa shape index (κ2) is 28.7. The van der Waals surface area contributed by atoms with Gasteiger partial charge in [0.25, 0.3) is 0 Å². The van der Waals surface area contributed by atoms with Crippen LogP contribution in [0, 0.1) is 17.8 Å². The molecule has 0 spiro atoms. The molecule has 5 N–H and O–H groups in total. The van der Waals surface area contributed by atoms with Crippen molar-refractivity contribution < 1.29 is 82.2 Å². The number of nitrogens with one attached hydrogen (secondary N) is 1. The molecule has 1 saturated carbocycles. The van der Waals surface area contributed by atoms with E-state index in [4.69, 9.17) is 59.0 Å². The van der Waals surface area contributed by atoms with E-state index in [1.807, 2.05) is 65.2 Å². The summed E-state index contributed by atoms with van der Waals surface area (Å²) in [5, 5.41) is 50.3. The smallest absolute Gasteiger partial charge is 0.341 e. The summed E-state index contributed by atoms with van der Waals surface area (Å²) in [6.07, 6.45) is -5.18. The second-order valence-corrected chi connectivity index (χ2v) is 24.8. The van der Waals surface area contributed by atoms with Crippen LogP contribution in [0.4, 0.5) is 5.69 Å². The SMILES string of the molecule is CC[C@H]1OC(=O)[C@H](C)[C@@H](O[C@H]2C[C@@](C)(OC)[C@@H](OC(=O)CCOCCOCCNc3cc4c(=O)c(C(=O)O)cn(C5CC5)c4cc3Cl)[C@H](C)O2)[C@H](C)[C@@H](O[C@@H]2O[C@H](C)C[C@H](N(C)C)[C@H]2O)[C@](C)(O)C[C@@H](C)CN(C)[C@H](C)[C@@H](OC)[C@]1(C)O. The molecule has 1 aromatic heterocycles. The lowest BCUT2D eigenvalue weighted by Crippen LogP contribution is -2.61. The summed E-state index contributed by atoms with van der Waals surface area (Å²) in [5.41, 5.74) is -4.24. The highest BCUT2D eigenvalue weighted by Crippen LogP contribution is 2.42. The van der Waals surface area contributed by atoms with Crippen LogP contribution in [-0.4, -0.2) is 218 Å². The first kappa shape index (κ1) is 67.5. The Labute approximate surface area is 488 Å². The van der Waals surface area contributed by atoms with Gasteiger partial charge < -0.3 is 87.5 Å². The van der Waals surface area contributed by atoms with E-state index in [0.717, 1.165) is 12.8 Å². The van der Waals surface area contributed by atoms with Gasteiger partial charge in [0, 0.05) is 69.4 Å². The third-order valence-corrected chi connectivity index (χ3v) is 17.6. The largest absolute Gasteiger partial charge is 0.477 e. The maximum Gasteiger partial charge on any atom is 0.341 e. The maximum atomic E-state index is 14.7. The van der Waals surface area contributed by atoms with Gasteiger partial charge in [-0.1, -0.05) is 32.4 Å². The Bertz CT molecular complexity index is 2510. The van der Waals surface area contributed by atoms with Gasteiger partial charge in [-0.15, -0.1) is 0 Å². The maximum absolute atomic E-state index is 14.7. The molecule has 0 bridgehead atoms. The number of hydrogen-bond donors (Lipinski definition) is 5. The van der Waals surface area contributed by atoms with Crippen molar-refractivity contribution >= 4 is 46.1 Å². The fourth-order valence-corrected chi connectivity index (χ4v) is 12.8. The van der Waals surface area contributed by atoms with Crippen LogP contribution in [0.15, 0.2) is 23.1 Å². The lowest BCUT2D eigenvalue weighted by molar-refractivity contribution is -0.318. The first-order valence-corrected chi connectivity index (χ1v) is 29.5. The summed E-state index contributed by atoms with van der Waals surface area (Å²) >= 11 is 6.59. The Morgan fingerprint density at radius 2 is 1.59 bits per heavy atom. The van der Waals surface area contributed by atoms with Crippen molar-refractivity contribution in [3.05, 3.63) is 39.1 Å². The molecule has 4 aliphatic rings. The molecular formula is C59H95ClN4O18. The van der Waals surface area contributed by atoms with Crippen LogP contribution < -0.4 is 10.7 Å². The fourth-order valence-electron chi connectivity index (χ4n) is 12.6. The Morgan fingerprint density at radius 1 is 0.915 bits per heavy atom. The van der Waals surface area contributed by atoms with E-state index in [1.54, 1.807) is 46.8 Å². The number of carbonyl (C=O) groups is 3. The molecule has 2 aromatic rings. The van der Waals surface area contributed by atoms with Crippen LogP contribution in [0.5, 0.6) is 0 Å². The minimum atomic E-state index is -1.64. The number of cyclic esters (lactones) is 1. The van der Waals surface area contributed by atoms with E-state index in [2.05, 4.69) is 10.2 Å². The lowest BCUT2D eigenvalue weighted by atomic mass is 9.77. The van der Waals surface area contributed by atoms with Crippen molar-refractivity contribution in [2.75, 3.05) is 80.2 Å². The number of fused-ring (bicyclic) bond motifs is 1. The van der Waals surface area contributed by atoms with E-state index >= 15 is 0 Å². The minimum Gasteiger partial charge on any atom is -0.477 e. The number of anilines is 1.